The van der Waals surface area contributed by atoms with E-state index in [2.05, 4.69) is 4.98 Å². The lowest BCUT2D eigenvalue weighted by atomic mass is 10.1. The van der Waals surface area contributed by atoms with Crippen LogP contribution >= 0.6 is 0 Å². The molecule has 1 aliphatic heterocycles. The lowest BCUT2D eigenvalue weighted by Crippen LogP contribution is -2.40. The molecule has 1 aliphatic rings. The molecule has 0 radical (unpaired) electrons. The molecule has 6 heteroatoms. The van der Waals surface area contributed by atoms with Gasteiger partial charge in [-0.15, -0.1) is 0 Å². The number of likely N-dealkylation sites (tertiary alicyclic amines) is 1. The summed E-state index contributed by atoms with van der Waals surface area (Å²) in [6, 6.07) is 6.16. The van der Waals surface area contributed by atoms with E-state index >= 15 is 0 Å². The maximum absolute atomic E-state index is 12.6. The number of amides is 1. The van der Waals surface area contributed by atoms with E-state index in [9.17, 15) is 14.7 Å². The van der Waals surface area contributed by atoms with E-state index in [1.54, 1.807) is 18.3 Å². The van der Waals surface area contributed by atoms with Crippen molar-refractivity contribution in [3.8, 4) is 0 Å². The first-order valence-corrected chi connectivity index (χ1v) is 6.36. The van der Waals surface area contributed by atoms with Gasteiger partial charge in [0.25, 0.3) is 5.91 Å². The first kappa shape index (κ1) is 12.7. The molecule has 20 heavy (non-hydrogen) atoms. The molecule has 2 aromatic rings. The minimum Gasteiger partial charge on any atom is -0.480 e. The smallest absolute Gasteiger partial charge is 0.326 e. The summed E-state index contributed by atoms with van der Waals surface area (Å²) in [4.78, 5) is 28.0. The predicted molar refractivity (Wildman–Crippen MR) is 71.4 cm³/mol. The highest BCUT2D eigenvalue weighted by Gasteiger charge is 2.39. The number of aliphatic hydroxyl groups is 1. The Hall–Kier alpha value is -2.34. The van der Waals surface area contributed by atoms with Crippen LogP contribution in [0.25, 0.3) is 10.9 Å². The van der Waals surface area contributed by atoms with Crippen LogP contribution < -0.4 is 0 Å². The summed E-state index contributed by atoms with van der Waals surface area (Å²) in [5.41, 5.74) is 1.11. The molecule has 1 fully saturated rings. The van der Waals surface area contributed by atoms with Gasteiger partial charge in [0.15, 0.2) is 0 Å². The number of carbonyl (C=O) groups excluding carboxylic acids is 1. The van der Waals surface area contributed by atoms with Crippen LogP contribution in [0.4, 0.5) is 0 Å². The number of aliphatic hydroxyl groups excluding tert-OH is 1. The van der Waals surface area contributed by atoms with E-state index in [4.69, 9.17) is 5.11 Å². The molecular formula is C14H14N2O4. The topological polar surface area (TPSA) is 93.6 Å². The van der Waals surface area contributed by atoms with Crippen molar-refractivity contribution in [2.24, 2.45) is 0 Å². The molecule has 3 rings (SSSR count). The highest BCUT2D eigenvalue weighted by atomic mass is 16.4. The monoisotopic (exact) mass is 274 g/mol. The Morgan fingerprint density at radius 3 is 2.85 bits per heavy atom. The zero-order valence-electron chi connectivity index (χ0n) is 10.6. The fourth-order valence-corrected chi connectivity index (χ4v) is 2.69. The summed E-state index contributed by atoms with van der Waals surface area (Å²) < 4.78 is 0. The summed E-state index contributed by atoms with van der Waals surface area (Å²) in [5.74, 6) is -1.46. The van der Waals surface area contributed by atoms with Crippen molar-refractivity contribution in [1.29, 1.82) is 0 Å². The number of fused-ring (bicyclic) bond motifs is 1. The van der Waals surface area contributed by atoms with Crippen molar-refractivity contribution in [2.45, 2.75) is 18.6 Å². The van der Waals surface area contributed by atoms with Gasteiger partial charge in [-0.2, -0.15) is 0 Å². The molecule has 104 valence electrons. The average Bonchev–Trinajstić information content (AvgIpc) is 3.03. The van der Waals surface area contributed by atoms with Gasteiger partial charge in [0.2, 0.25) is 0 Å². The number of nitrogens with zero attached hydrogens (tertiary/aromatic N) is 1. The summed E-state index contributed by atoms with van der Waals surface area (Å²) in [5, 5.41) is 19.7. The second kappa shape index (κ2) is 4.64. The summed E-state index contributed by atoms with van der Waals surface area (Å²) in [6.45, 7) is 0.0485. The Balaban J connectivity index is 2.00. The highest BCUT2D eigenvalue weighted by molar-refractivity contribution is 6.06. The highest BCUT2D eigenvalue weighted by Crippen LogP contribution is 2.24. The van der Waals surface area contributed by atoms with Gasteiger partial charge in [0, 0.05) is 24.5 Å². The molecule has 0 unspecified atom stereocenters. The van der Waals surface area contributed by atoms with Crippen LogP contribution in [0.1, 0.15) is 16.8 Å². The van der Waals surface area contributed by atoms with Crippen molar-refractivity contribution in [1.82, 2.24) is 9.88 Å². The number of aliphatic carboxylic acids is 1. The van der Waals surface area contributed by atoms with E-state index < -0.39 is 18.1 Å². The lowest BCUT2D eigenvalue weighted by molar-refractivity contribution is -0.141. The van der Waals surface area contributed by atoms with Gasteiger partial charge in [-0.05, 0) is 12.1 Å². The third-order valence-electron chi connectivity index (χ3n) is 3.64. The van der Waals surface area contributed by atoms with Crippen LogP contribution in [0.3, 0.4) is 0 Å². The summed E-state index contributed by atoms with van der Waals surface area (Å²) in [6.07, 6.45) is 1.01. The minimum absolute atomic E-state index is 0.0485. The number of para-hydroxylation sites is 1. The molecule has 0 bridgehead atoms. The minimum atomic E-state index is -1.09. The number of H-pyrrole nitrogens is 1. The maximum atomic E-state index is 12.6. The van der Waals surface area contributed by atoms with Crippen molar-refractivity contribution in [2.75, 3.05) is 6.54 Å². The van der Waals surface area contributed by atoms with Gasteiger partial charge in [-0.25, -0.2) is 4.79 Å². The van der Waals surface area contributed by atoms with Crippen molar-refractivity contribution < 1.29 is 19.8 Å². The third kappa shape index (κ3) is 1.94. The normalized spacial score (nSPS) is 22.4. The Labute approximate surface area is 114 Å². The molecule has 3 N–H and O–H groups in total. The zero-order valence-corrected chi connectivity index (χ0v) is 10.6. The van der Waals surface area contributed by atoms with Gasteiger partial charge < -0.3 is 20.1 Å². The number of hydrogen-bond donors (Lipinski definition) is 3. The SMILES string of the molecule is O=C(O)[C@@H]1C[C@@H](O)CN1C(=O)c1cccc2cc[nH]c12. The summed E-state index contributed by atoms with van der Waals surface area (Å²) >= 11 is 0. The standard InChI is InChI=1S/C14H14N2O4/c17-9-6-11(14(19)20)16(7-9)13(18)10-3-1-2-8-4-5-15-12(8)10/h1-5,9,11,15,17H,6-7H2,(H,19,20)/t9-,11+/m1/s1. The molecular weight excluding hydrogens is 260 g/mol. The second-order valence-electron chi connectivity index (χ2n) is 4.95. The van der Waals surface area contributed by atoms with E-state index in [0.29, 0.717) is 11.1 Å². The van der Waals surface area contributed by atoms with Gasteiger partial charge in [0.05, 0.1) is 17.2 Å². The van der Waals surface area contributed by atoms with Crippen LogP contribution in [-0.4, -0.2) is 50.7 Å². The predicted octanol–water partition coefficient (Wildman–Crippen LogP) is 0.828. The molecule has 0 saturated carbocycles. The zero-order chi connectivity index (χ0) is 14.3. The molecule has 6 nitrogen and oxygen atoms in total. The van der Waals surface area contributed by atoms with E-state index in [0.717, 1.165) is 5.39 Å². The second-order valence-corrected chi connectivity index (χ2v) is 4.95. The number of β-amino-alcohol motifs (C(OH)–C–C–N with tert-alkyl or cyclic N) is 1. The number of aromatic nitrogens is 1. The number of carbonyl (C=O) groups is 2. The van der Waals surface area contributed by atoms with Gasteiger partial charge >= 0.3 is 5.97 Å². The maximum Gasteiger partial charge on any atom is 0.326 e. The fraction of sp³-hybridized carbons (Fsp3) is 0.286. The molecule has 1 amide bonds. The van der Waals surface area contributed by atoms with E-state index in [1.165, 1.54) is 4.90 Å². The lowest BCUT2D eigenvalue weighted by Gasteiger charge is -2.21. The van der Waals surface area contributed by atoms with E-state index in [-0.39, 0.29) is 18.9 Å². The van der Waals surface area contributed by atoms with Gasteiger partial charge in [0.1, 0.15) is 6.04 Å². The third-order valence-corrected chi connectivity index (χ3v) is 3.64. The Kier molecular flexibility index (Phi) is 2.94. The average molecular weight is 274 g/mol. The van der Waals surface area contributed by atoms with Crippen LogP contribution in [0.2, 0.25) is 0 Å². The van der Waals surface area contributed by atoms with Crippen LogP contribution in [0.5, 0.6) is 0 Å². The first-order chi connectivity index (χ1) is 9.58. The number of nitrogens with one attached hydrogen (secondary N) is 1. The molecule has 0 aliphatic carbocycles. The molecule has 1 aromatic carbocycles. The Bertz CT molecular complexity index is 679. The number of hydrogen-bond acceptors (Lipinski definition) is 3. The van der Waals surface area contributed by atoms with Gasteiger partial charge in [-0.1, -0.05) is 12.1 Å². The van der Waals surface area contributed by atoms with Crippen molar-refractivity contribution >= 4 is 22.8 Å². The molecule has 0 spiro atoms. The van der Waals surface area contributed by atoms with Crippen molar-refractivity contribution in [3.05, 3.63) is 36.0 Å². The molecule has 1 aromatic heterocycles. The Morgan fingerprint density at radius 2 is 2.10 bits per heavy atom. The van der Waals surface area contributed by atoms with Crippen LogP contribution in [0.15, 0.2) is 30.5 Å². The first-order valence-electron chi connectivity index (χ1n) is 6.36. The molecule has 2 heterocycles. The van der Waals surface area contributed by atoms with E-state index in [1.807, 2.05) is 12.1 Å². The number of rotatable bonds is 2. The molecule has 1 saturated heterocycles. The van der Waals surface area contributed by atoms with Gasteiger partial charge in [-0.3, -0.25) is 4.79 Å². The summed E-state index contributed by atoms with van der Waals surface area (Å²) in [7, 11) is 0. The molecule has 2 atom stereocenters. The number of aromatic amines is 1. The van der Waals surface area contributed by atoms with Crippen LogP contribution in [-0.2, 0) is 4.79 Å². The fourth-order valence-electron chi connectivity index (χ4n) is 2.69. The Morgan fingerprint density at radius 1 is 1.30 bits per heavy atom. The van der Waals surface area contributed by atoms with Crippen molar-refractivity contribution in [3.63, 3.8) is 0 Å². The largest absolute Gasteiger partial charge is 0.480 e. The quantitative estimate of drug-likeness (QED) is 0.756. The van der Waals surface area contributed by atoms with Crippen LogP contribution in [0, 0.1) is 0 Å². The number of benzene rings is 1. The number of carboxylic acids is 1. The number of carboxylic acid groups (broad SMARTS) is 1.